The molecule has 2 heteroatoms. The van der Waals surface area contributed by atoms with Gasteiger partial charge in [-0.1, -0.05) is 20.8 Å². The van der Waals surface area contributed by atoms with Gasteiger partial charge in [0.2, 0.25) is 0 Å². The number of hydrogen-bond donors (Lipinski definition) is 1. The van der Waals surface area contributed by atoms with Crippen molar-refractivity contribution in [1.29, 1.82) is 0 Å². The molecule has 1 N–H and O–H groups in total. The van der Waals surface area contributed by atoms with Crippen molar-refractivity contribution in [3.63, 3.8) is 0 Å². The molecule has 0 aromatic heterocycles. The zero-order chi connectivity index (χ0) is 11.1. The Hall–Kier alpha value is -0.0800. The van der Waals surface area contributed by atoms with Crippen LogP contribution in [0.4, 0.5) is 0 Å². The standard InChI is InChI=1S/C13H25NO/c1-10-9-15-13(14-10)7-5-11(6-8-13)12(2,3)4/h10-11,14H,5-9H2,1-4H3. The molecule has 1 spiro atoms. The summed E-state index contributed by atoms with van der Waals surface area (Å²) in [7, 11) is 0. The first-order chi connectivity index (χ1) is 6.91. The normalized spacial score (nSPS) is 42.4. The van der Waals surface area contributed by atoms with Crippen molar-refractivity contribution in [3.05, 3.63) is 0 Å². The Morgan fingerprint density at radius 2 is 1.80 bits per heavy atom. The molecular formula is C13H25NO. The van der Waals surface area contributed by atoms with Crippen LogP contribution < -0.4 is 5.32 Å². The minimum atomic E-state index is 0.0428. The van der Waals surface area contributed by atoms with Crippen LogP contribution in [0.25, 0.3) is 0 Å². The summed E-state index contributed by atoms with van der Waals surface area (Å²) in [6.45, 7) is 10.2. The van der Waals surface area contributed by atoms with Crippen LogP contribution in [0.15, 0.2) is 0 Å². The molecule has 0 amide bonds. The Kier molecular flexibility index (Phi) is 2.85. The van der Waals surface area contributed by atoms with Gasteiger partial charge in [0.25, 0.3) is 0 Å². The lowest BCUT2D eigenvalue weighted by Crippen LogP contribution is -2.47. The molecule has 15 heavy (non-hydrogen) atoms. The minimum Gasteiger partial charge on any atom is -0.359 e. The van der Waals surface area contributed by atoms with Crippen molar-refractivity contribution < 1.29 is 4.74 Å². The monoisotopic (exact) mass is 211 g/mol. The van der Waals surface area contributed by atoms with E-state index < -0.39 is 0 Å². The molecule has 0 radical (unpaired) electrons. The van der Waals surface area contributed by atoms with Gasteiger partial charge in [0.1, 0.15) is 5.72 Å². The molecule has 2 fully saturated rings. The highest BCUT2D eigenvalue weighted by Gasteiger charge is 2.43. The summed E-state index contributed by atoms with van der Waals surface area (Å²) in [6, 6.07) is 0.538. The lowest BCUT2D eigenvalue weighted by atomic mass is 9.70. The number of hydrogen-bond acceptors (Lipinski definition) is 2. The van der Waals surface area contributed by atoms with Crippen molar-refractivity contribution in [2.75, 3.05) is 6.61 Å². The second kappa shape index (κ2) is 3.74. The first-order valence-corrected chi connectivity index (χ1v) is 6.33. The van der Waals surface area contributed by atoms with E-state index in [2.05, 4.69) is 33.0 Å². The van der Waals surface area contributed by atoms with Gasteiger partial charge in [-0.25, -0.2) is 0 Å². The molecule has 1 aliphatic carbocycles. The fourth-order valence-corrected chi connectivity index (χ4v) is 3.06. The van der Waals surface area contributed by atoms with E-state index in [1.54, 1.807) is 0 Å². The average Bonchev–Trinajstić information content (AvgIpc) is 2.47. The van der Waals surface area contributed by atoms with Crippen LogP contribution in [0.2, 0.25) is 0 Å². The van der Waals surface area contributed by atoms with E-state index in [0.717, 1.165) is 12.5 Å². The second-order valence-corrected chi connectivity index (χ2v) is 6.49. The largest absolute Gasteiger partial charge is 0.359 e. The van der Waals surface area contributed by atoms with Gasteiger partial charge in [-0.3, -0.25) is 5.32 Å². The van der Waals surface area contributed by atoms with Gasteiger partial charge in [-0.2, -0.15) is 0 Å². The van der Waals surface area contributed by atoms with Gasteiger partial charge in [0, 0.05) is 6.04 Å². The van der Waals surface area contributed by atoms with Crippen LogP contribution in [-0.4, -0.2) is 18.4 Å². The van der Waals surface area contributed by atoms with Gasteiger partial charge in [0.05, 0.1) is 6.61 Å². The van der Waals surface area contributed by atoms with Gasteiger partial charge in [0.15, 0.2) is 0 Å². The Morgan fingerprint density at radius 1 is 1.20 bits per heavy atom. The number of ether oxygens (including phenoxy) is 1. The Labute approximate surface area is 93.8 Å². The highest BCUT2D eigenvalue weighted by molar-refractivity contribution is 4.93. The van der Waals surface area contributed by atoms with Crippen molar-refractivity contribution in [1.82, 2.24) is 5.32 Å². The summed E-state index contributed by atoms with van der Waals surface area (Å²) in [5.41, 5.74) is 0.507. The van der Waals surface area contributed by atoms with Gasteiger partial charge in [-0.05, 0) is 43.9 Å². The average molecular weight is 211 g/mol. The van der Waals surface area contributed by atoms with Crippen LogP contribution in [0, 0.1) is 11.3 Å². The SMILES string of the molecule is CC1COC2(CCC(C(C)(C)C)CC2)N1. The van der Waals surface area contributed by atoms with Crippen LogP contribution in [-0.2, 0) is 4.74 Å². The molecule has 1 unspecified atom stereocenters. The van der Waals surface area contributed by atoms with Crippen molar-refractivity contribution in [3.8, 4) is 0 Å². The smallest absolute Gasteiger partial charge is 0.119 e. The Balaban J connectivity index is 1.92. The Morgan fingerprint density at radius 3 is 2.20 bits per heavy atom. The summed E-state index contributed by atoms with van der Waals surface area (Å²) in [4.78, 5) is 0. The quantitative estimate of drug-likeness (QED) is 0.665. The van der Waals surface area contributed by atoms with Crippen molar-refractivity contribution in [2.45, 2.75) is 65.1 Å². The molecule has 88 valence electrons. The minimum absolute atomic E-state index is 0.0428. The highest BCUT2D eigenvalue weighted by Crippen LogP contribution is 2.43. The van der Waals surface area contributed by atoms with E-state index in [4.69, 9.17) is 4.74 Å². The summed E-state index contributed by atoms with van der Waals surface area (Å²) in [6.07, 6.45) is 5.00. The third-order valence-corrected chi connectivity index (χ3v) is 4.14. The lowest BCUT2D eigenvalue weighted by molar-refractivity contribution is -0.0591. The lowest BCUT2D eigenvalue weighted by Gasteiger charge is -2.41. The summed E-state index contributed by atoms with van der Waals surface area (Å²) >= 11 is 0. The van der Waals surface area contributed by atoms with Crippen LogP contribution >= 0.6 is 0 Å². The Bertz CT molecular complexity index is 223. The van der Waals surface area contributed by atoms with Crippen molar-refractivity contribution in [2.24, 2.45) is 11.3 Å². The van der Waals surface area contributed by atoms with E-state index in [1.807, 2.05) is 0 Å². The molecule has 0 aromatic carbocycles. The molecule has 2 nitrogen and oxygen atoms in total. The number of nitrogens with one attached hydrogen (secondary N) is 1. The molecule has 1 heterocycles. The first-order valence-electron chi connectivity index (χ1n) is 6.33. The summed E-state index contributed by atoms with van der Waals surface area (Å²) < 4.78 is 5.94. The molecule has 0 aromatic rings. The molecule has 2 rings (SSSR count). The van der Waals surface area contributed by atoms with E-state index in [-0.39, 0.29) is 5.72 Å². The van der Waals surface area contributed by atoms with Crippen LogP contribution in [0.1, 0.15) is 53.4 Å². The van der Waals surface area contributed by atoms with Gasteiger partial charge < -0.3 is 4.74 Å². The van der Waals surface area contributed by atoms with E-state index in [1.165, 1.54) is 25.7 Å². The van der Waals surface area contributed by atoms with Crippen LogP contribution in [0.3, 0.4) is 0 Å². The van der Waals surface area contributed by atoms with Gasteiger partial charge in [-0.15, -0.1) is 0 Å². The zero-order valence-electron chi connectivity index (χ0n) is 10.6. The summed E-state index contributed by atoms with van der Waals surface area (Å²) in [5, 5.41) is 3.62. The van der Waals surface area contributed by atoms with Crippen molar-refractivity contribution >= 4 is 0 Å². The second-order valence-electron chi connectivity index (χ2n) is 6.49. The highest BCUT2D eigenvalue weighted by atomic mass is 16.5. The fourth-order valence-electron chi connectivity index (χ4n) is 3.06. The molecule has 1 atom stereocenters. The molecule has 1 saturated carbocycles. The number of rotatable bonds is 0. The first kappa shape index (κ1) is 11.4. The maximum absolute atomic E-state index is 5.94. The maximum Gasteiger partial charge on any atom is 0.119 e. The van der Waals surface area contributed by atoms with E-state index >= 15 is 0 Å². The summed E-state index contributed by atoms with van der Waals surface area (Å²) in [5.74, 6) is 0.865. The predicted molar refractivity (Wildman–Crippen MR) is 62.7 cm³/mol. The molecule has 2 aliphatic rings. The fraction of sp³-hybridized carbons (Fsp3) is 1.00. The topological polar surface area (TPSA) is 21.3 Å². The molecule has 0 bridgehead atoms. The van der Waals surface area contributed by atoms with Gasteiger partial charge >= 0.3 is 0 Å². The van der Waals surface area contributed by atoms with E-state index in [9.17, 15) is 0 Å². The molecule has 1 aliphatic heterocycles. The third kappa shape index (κ3) is 2.36. The predicted octanol–water partition coefficient (Wildman–Crippen LogP) is 2.93. The molecular weight excluding hydrogens is 186 g/mol. The third-order valence-electron chi connectivity index (χ3n) is 4.14. The molecule has 1 saturated heterocycles. The van der Waals surface area contributed by atoms with Crippen LogP contribution in [0.5, 0.6) is 0 Å². The maximum atomic E-state index is 5.94. The van der Waals surface area contributed by atoms with E-state index in [0.29, 0.717) is 11.5 Å². The zero-order valence-corrected chi connectivity index (χ0v) is 10.6.